The minimum Gasteiger partial charge on any atom is -0.481 e. The molecule has 6 nitrogen and oxygen atoms in total. The van der Waals surface area contributed by atoms with Crippen LogP contribution in [-0.2, 0) is 10.6 Å². The second kappa shape index (κ2) is 5.22. The standard InChI is InChI=1S/C12H15ClN4O2/c1-18-11-3-2-9-12(15-11)17(10(8-13)14-9)16-4-6-19-7-5-16/h2-3H,4-8H2,1H3. The normalized spacial score (nSPS) is 16.0. The maximum absolute atomic E-state index is 6.00. The third-order valence-corrected chi connectivity index (χ3v) is 3.36. The number of ether oxygens (including phenoxy) is 2. The Morgan fingerprint density at radius 1 is 1.32 bits per heavy atom. The molecule has 0 atom stereocenters. The molecule has 1 saturated heterocycles. The van der Waals surface area contributed by atoms with Crippen molar-refractivity contribution in [2.45, 2.75) is 5.88 Å². The van der Waals surface area contributed by atoms with Crippen molar-refractivity contribution in [1.82, 2.24) is 14.6 Å². The molecule has 0 N–H and O–H groups in total. The molecule has 102 valence electrons. The molecule has 0 aliphatic carbocycles. The first-order valence-corrected chi connectivity index (χ1v) is 6.68. The molecule has 0 aromatic carbocycles. The lowest BCUT2D eigenvalue weighted by molar-refractivity contribution is 0.111. The topological polar surface area (TPSA) is 52.4 Å². The molecule has 1 aliphatic heterocycles. The zero-order chi connectivity index (χ0) is 13.2. The smallest absolute Gasteiger partial charge is 0.215 e. The summed E-state index contributed by atoms with van der Waals surface area (Å²) in [5.74, 6) is 1.71. The fourth-order valence-electron chi connectivity index (χ4n) is 2.23. The van der Waals surface area contributed by atoms with Crippen LogP contribution in [0.1, 0.15) is 5.82 Å². The lowest BCUT2D eigenvalue weighted by atomic mass is 10.4. The van der Waals surface area contributed by atoms with Crippen LogP contribution in [0.4, 0.5) is 0 Å². The third-order valence-electron chi connectivity index (χ3n) is 3.12. The summed E-state index contributed by atoms with van der Waals surface area (Å²) in [4.78, 5) is 8.99. The molecule has 0 amide bonds. The average Bonchev–Trinajstić information content (AvgIpc) is 2.85. The van der Waals surface area contributed by atoms with Gasteiger partial charge in [-0.15, -0.1) is 11.6 Å². The van der Waals surface area contributed by atoms with Crippen LogP contribution in [0.2, 0.25) is 0 Å². The van der Waals surface area contributed by atoms with E-state index in [1.54, 1.807) is 13.2 Å². The van der Waals surface area contributed by atoms with E-state index < -0.39 is 0 Å². The predicted molar refractivity (Wildman–Crippen MR) is 72.4 cm³/mol. The molecule has 2 aromatic rings. The number of halogens is 1. The number of imidazole rings is 1. The molecule has 1 aliphatic rings. The number of pyridine rings is 1. The van der Waals surface area contributed by atoms with Crippen molar-refractivity contribution in [1.29, 1.82) is 0 Å². The Balaban J connectivity index is 2.12. The Bertz CT molecular complexity index is 580. The zero-order valence-electron chi connectivity index (χ0n) is 10.7. The van der Waals surface area contributed by atoms with Crippen LogP contribution < -0.4 is 9.75 Å². The lowest BCUT2D eigenvalue weighted by Gasteiger charge is -2.30. The molecule has 0 saturated carbocycles. The molecule has 2 aromatic heterocycles. The van der Waals surface area contributed by atoms with Crippen molar-refractivity contribution in [3.05, 3.63) is 18.0 Å². The van der Waals surface area contributed by atoms with Crippen LogP contribution in [0.3, 0.4) is 0 Å². The van der Waals surface area contributed by atoms with E-state index in [0.717, 1.165) is 30.1 Å². The van der Waals surface area contributed by atoms with Gasteiger partial charge in [0.15, 0.2) is 5.65 Å². The maximum Gasteiger partial charge on any atom is 0.215 e. The van der Waals surface area contributed by atoms with Gasteiger partial charge in [0.25, 0.3) is 0 Å². The number of hydrogen-bond acceptors (Lipinski definition) is 5. The van der Waals surface area contributed by atoms with Gasteiger partial charge in [-0.05, 0) is 6.07 Å². The van der Waals surface area contributed by atoms with Crippen LogP contribution in [0.25, 0.3) is 11.2 Å². The number of nitrogens with zero attached hydrogens (tertiary/aromatic N) is 4. The summed E-state index contributed by atoms with van der Waals surface area (Å²) in [6, 6.07) is 3.70. The van der Waals surface area contributed by atoms with Gasteiger partial charge in [0.05, 0.1) is 39.3 Å². The van der Waals surface area contributed by atoms with Gasteiger partial charge in [-0.1, -0.05) is 0 Å². The molecule has 19 heavy (non-hydrogen) atoms. The van der Waals surface area contributed by atoms with Gasteiger partial charge in [0, 0.05) is 6.07 Å². The molecule has 0 spiro atoms. The fraction of sp³-hybridized carbons (Fsp3) is 0.500. The van der Waals surface area contributed by atoms with E-state index in [1.807, 2.05) is 10.7 Å². The minimum atomic E-state index is 0.343. The minimum absolute atomic E-state index is 0.343. The summed E-state index contributed by atoms with van der Waals surface area (Å²) in [6.45, 7) is 3.00. The summed E-state index contributed by atoms with van der Waals surface area (Å²) < 4.78 is 12.5. The van der Waals surface area contributed by atoms with E-state index in [4.69, 9.17) is 21.1 Å². The third kappa shape index (κ3) is 2.21. The van der Waals surface area contributed by atoms with Crippen molar-refractivity contribution in [2.24, 2.45) is 0 Å². The van der Waals surface area contributed by atoms with Crippen LogP contribution in [-0.4, -0.2) is 48.1 Å². The SMILES string of the molecule is COc1ccc2nc(CCl)n(N3CCOCC3)c2n1. The first-order chi connectivity index (χ1) is 9.33. The van der Waals surface area contributed by atoms with Gasteiger partial charge < -0.3 is 14.5 Å². The van der Waals surface area contributed by atoms with Crippen LogP contribution in [0.15, 0.2) is 12.1 Å². The van der Waals surface area contributed by atoms with Crippen molar-refractivity contribution >= 4 is 22.8 Å². The monoisotopic (exact) mass is 282 g/mol. The van der Waals surface area contributed by atoms with Gasteiger partial charge in [-0.3, -0.25) is 0 Å². The number of hydrogen-bond donors (Lipinski definition) is 0. The molecule has 3 rings (SSSR count). The number of aromatic nitrogens is 3. The van der Waals surface area contributed by atoms with Crippen LogP contribution in [0.5, 0.6) is 5.88 Å². The maximum atomic E-state index is 6.00. The van der Waals surface area contributed by atoms with Gasteiger partial charge in [-0.2, -0.15) is 4.98 Å². The highest BCUT2D eigenvalue weighted by Crippen LogP contribution is 2.20. The largest absolute Gasteiger partial charge is 0.481 e. The van der Waals surface area contributed by atoms with E-state index in [1.165, 1.54) is 0 Å². The summed E-state index contributed by atoms with van der Waals surface area (Å²) in [7, 11) is 1.60. The second-order valence-electron chi connectivity index (χ2n) is 4.24. The Morgan fingerprint density at radius 2 is 2.11 bits per heavy atom. The van der Waals surface area contributed by atoms with E-state index in [-0.39, 0.29) is 0 Å². The summed E-state index contributed by atoms with van der Waals surface area (Å²) >= 11 is 6.00. The number of rotatable bonds is 3. The zero-order valence-corrected chi connectivity index (χ0v) is 11.4. The Kier molecular flexibility index (Phi) is 3.44. The molecule has 0 radical (unpaired) electrons. The highest BCUT2D eigenvalue weighted by Gasteiger charge is 2.19. The number of fused-ring (bicyclic) bond motifs is 1. The Labute approximate surface area is 115 Å². The van der Waals surface area contributed by atoms with Crippen LogP contribution in [0, 0.1) is 0 Å². The lowest BCUT2D eigenvalue weighted by Crippen LogP contribution is -2.44. The van der Waals surface area contributed by atoms with Crippen molar-refractivity contribution in [2.75, 3.05) is 38.4 Å². The molecular weight excluding hydrogens is 268 g/mol. The average molecular weight is 283 g/mol. The van der Waals surface area contributed by atoms with Crippen LogP contribution >= 0.6 is 11.6 Å². The Hall–Kier alpha value is -1.53. The highest BCUT2D eigenvalue weighted by molar-refractivity contribution is 6.16. The second-order valence-corrected chi connectivity index (χ2v) is 4.50. The number of methoxy groups -OCH3 is 1. The highest BCUT2D eigenvalue weighted by atomic mass is 35.5. The first-order valence-electron chi connectivity index (χ1n) is 6.15. The van der Waals surface area contributed by atoms with Gasteiger partial charge in [0.1, 0.15) is 11.3 Å². The molecule has 0 bridgehead atoms. The first kappa shape index (κ1) is 12.5. The Morgan fingerprint density at radius 3 is 2.79 bits per heavy atom. The summed E-state index contributed by atoms with van der Waals surface area (Å²) in [5, 5.41) is 2.16. The van der Waals surface area contributed by atoms with Gasteiger partial charge >= 0.3 is 0 Å². The molecular formula is C12H15ClN4O2. The van der Waals surface area contributed by atoms with Crippen molar-refractivity contribution < 1.29 is 9.47 Å². The number of morpholine rings is 1. The molecule has 7 heteroatoms. The van der Waals surface area contributed by atoms with E-state index in [2.05, 4.69) is 15.0 Å². The number of alkyl halides is 1. The predicted octanol–water partition coefficient (Wildman–Crippen LogP) is 1.15. The van der Waals surface area contributed by atoms with Crippen molar-refractivity contribution in [3.8, 4) is 5.88 Å². The summed E-state index contributed by atoms with van der Waals surface area (Å²) in [6.07, 6.45) is 0. The summed E-state index contributed by atoms with van der Waals surface area (Å²) in [5.41, 5.74) is 1.60. The molecule has 3 heterocycles. The van der Waals surface area contributed by atoms with Gasteiger partial charge in [0.2, 0.25) is 5.88 Å². The van der Waals surface area contributed by atoms with E-state index in [9.17, 15) is 0 Å². The van der Waals surface area contributed by atoms with Gasteiger partial charge in [-0.25, -0.2) is 9.66 Å². The van der Waals surface area contributed by atoms with E-state index in [0.29, 0.717) is 25.0 Å². The quantitative estimate of drug-likeness (QED) is 0.791. The van der Waals surface area contributed by atoms with Crippen molar-refractivity contribution in [3.63, 3.8) is 0 Å². The molecule has 0 unspecified atom stereocenters. The fourth-order valence-corrected chi connectivity index (χ4v) is 2.40. The van der Waals surface area contributed by atoms with E-state index >= 15 is 0 Å². The molecule has 1 fully saturated rings.